The van der Waals surface area contributed by atoms with Crippen LogP contribution in [0.4, 0.5) is 0 Å². The first-order valence-corrected chi connectivity index (χ1v) is 8.01. The summed E-state index contributed by atoms with van der Waals surface area (Å²) in [6, 6.07) is 5.59. The highest BCUT2D eigenvalue weighted by Crippen LogP contribution is 2.35. The van der Waals surface area contributed by atoms with E-state index in [1.54, 1.807) is 0 Å². The summed E-state index contributed by atoms with van der Waals surface area (Å²) in [5.74, 6) is -1.18. The van der Waals surface area contributed by atoms with Gasteiger partial charge in [0.2, 0.25) is 10.0 Å². The Hall–Kier alpha value is -1.62. The maximum Gasteiger partial charge on any atom is 0.324 e. The summed E-state index contributed by atoms with van der Waals surface area (Å²) in [6.07, 6.45) is 0.734. The van der Waals surface area contributed by atoms with Crippen molar-refractivity contribution in [3.63, 3.8) is 0 Å². The molecule has 21 heavy (non-hydrogen) atoms. The van der Waals surface area contributed by atoms with Crippen LogP contribution < -0.4 is 0 Å². The van der Waals surface area contributed by atoms with Gasteiger partial charge in [-0.3, -0.25) is 4.79 Å². The first kappa shape index (κ1) is 15.8. The third-order valence-electron chi connectivity index (χ3n) is 3.68. The van der Waals surface area contributed by atoms with Gasteiger partial charge >= 0.3 is 5.97 Å². The number of hydrogen-bond donors (Lipinski definition) is 1. The number of aliphatic carboxylic acids is 1. The number of carboxylic acids is 1. The predicted molar refractivity (Wildman–Crippen MR) is 75.3 cm³/mol. The molecule has 1 aromatic carbocycles. The Kier molecular flexibility index (Phi) is 3.97. The number of halogens is 1. The molecule has 1 fully saturated rings. The molecule has 1 aliphatic rings. The van der Waals surface area contributed by atoms with Crippen LogP contribution in [-0.2, 0) is 14.8 Å². The van der Waals surface area contributed by atoms with Crippen LogP contribution >= 0.6 is 11.6 Å². The molecule has 1 N–H and O–H groups in total. The lowest BCUT2D eigenvalue weighted by atomic mass is 10.0. The maximum absolute atomic E-state index is 12.6. The zero-order chi connectivity index (χ0) is 15.8. The van der Waals surface area contributed by atoms with E-state index in [-0.39, 0.29) is 28.4 Å². The Morgan fingerprint density at radius 3 is 2.71 bits per heavy atom. The fourth-order valence-corrected chi connectivity index (χ4v) is 4.53. The molecule has 6 nitrogen and oxygen atoms in total. The molecule has 8 heteroatoms. The Balaban J connectivity index is 2.50. The summed E-state index contributed by atoms with van der Waals surface area (Å²) in [4.78, 5) is 11.3. The number of nitrogens with zero attached hydrogens (tertiary/aromatic N) is 2. The van der Waals surface area contributed by atoms with Crippen molar-refractivity contribution in [2.24, 2.45) is 0 Å². The zero-order valence-electron chi connectivity index (χ0n) is 11.2. The SMILES string of the molecule is C[C@]1(C(=O)O)CCCN1S(=O)(=O)c1ccc(C#N)c(Cl)c1. The van der Waals surface area contributed by atoms with Gasteiger partial charge in [-0.25, -0.2) is 8.42 Å². The van der Waals surface area contributed by atoms with Crippen molar-refractivity contribution in [2.75, 3.05) is 6.54 Å². The van der Waals surface area contributed by atoms with Crippen molar-refractivity contribution in [2.45, 2.75) is 30.2 Å². The van der Waals surface area contributed by atoms with E-state index in [4.69, 9.17) is 16.9 Å². The number of carboxylic acid groups (broad SMARTS) is 1. The average Bonchev–Trinajstić information content (AvgIpc) is 2.83. The van der Waals surface area contributed by atoms with E-state index in [1.165, 1.54) is 25.1 Å². The highest BCUT2D eigenvalue weighted by Gasteiger charge is 2.49. The molecule has 0 radical (unpaired) electrons. The van der Waals surface area contributed by atoms with Crippen molar-refractivity contribution in [3.8, 4) is 6.07 Å². The van der Waals surface area contributed by atoms with Crippen molar-refractivity contribution in [3.05, 3.63) is 28.8 Å². The average molecular weight is 329 g/mol. The van der Waals surface area contributed by atoms with E-state index in [9.17, 15) is 18.3 Å². The fraction of sp³-hybridized carbons (Fsp3) is 0.385. The Morgan fingerprint density at radius 2 is 2.19 bits per heavy atom. The Morgan fingerprint density at radius 1 is 1.52 bits per heavy atom. The van der Waals surface area contributed by atoms with E-state index in [2.05, 4.69) is 0 Å². The standard InChI is InChI=1S/C13H13ClN2O4S/c1-13(12(17)18)5-2-6-16(13)21(19,20)10-4-3-9(8-15)11(14)7-10/h3-4,7H,2,5-6H2,1H3,(H,17,18)/t13-/m1/s1. The third kappa shape index (κ3) is 2.50. The molecule has 1 aliphatic heterocycles. The molecule has 2 rings (SSSR count). The van der Waals surface area contributed by atoms with Gasteiger partial charge < -0.3 is 5.11 Å². The largest absolute Gasteiger partial charge is 0.480 e. The summed E-state index contributed by atoms with van der Waals surface area (Å²) in [7, 11) is -3.98. The van der Waals surface area contributed by atoms with E-state index in [0.717, 1.165) is 4.31 Å². The molecule has 0 bridgehead atoms. The molecule has 0 amide bonds. The first-order valence-electron chi connectivity index (χ1n) is 6.19. The molecular formula is C13H13ClN2O4S. The Labute approximate surface area is 127 Å². The highest BCUT2D eigenvalue weighted by atomic mass is 35.5. The van der Waals surface area contributed by atoms with Gasteiger partial charge in [-0.1, -0.05) is 11.6 Å². The van der Waals surface area contributed by atoms with Gasteiger partial charge in [-0.2, -0.15) is 9.57 Å². The summed E-state index contributed by atoms with van der Waals surface area (Å²) < 4.78 is 26.2. The lowest BCUT2D eigenvalue weighted by molar-refractivity contribution is -0.146. The zero-order valence-corrected chi connectivity index (χ0v) is 12.8. The molecule has 1 heterocycles. The summed E-state index contributed by atoms with van der Waals surface area (Å²) in [6.45, 7) is 1.54. The number of rotatable bonds is 3. The van der Waals surface area contributed by atoms with Crippen LogP contribution in [0.25, 0.3) is 0 Å². The summed E-state index contributed by atoms with van der Waals surface area (Å²) in [5, 5.41) is 18.1. The number of sulfonamides is 1. The molecule has 1 atom stereocenters. The minimum atomic E-state index is -3.98. The van der Waals surface area contributed by atoms with Crippen LogP contribution in [0.3, 0.4) is 0 Å². The Bertz CT molecular complexity index is 741. The van der Waals surface area contributed by atoms with Gasteiger partial charge in [0, 0.05) is 6.54 Å². The quantitative estimate of drug-likeness (QED) is 0.912. The molecule has 0 unspecified atom stereocenters. The number of nitriles is 1. The topological polar surface area (TPSA) is 98.5 Å². The molecular weight excluding hydrogens is 316 g/mol. The lowest BCUT2D eigenvalue weighted by Crippen LogP contribution is -2.50. The fourth-order valence-electron chi connectivity index (χ4n) is 2.41. The van der Waals surface area contributed by atoms with Crippen LogP contribution in [0.5, 0.6) is 0 Å². The number of hydrogen-bond acceptors (Lipinski definition) is 4. The minimum Gasteiger partial charge on any atom is -0.480 e. The molecule has 112 valence electrons. The number of benzene rings is 1. The van der Waals surface area contributed by atoms with Crippen LogP contribution in [0.15, 0.2) is 23.1 Å². The van der Waals surface area contributed by atoms with E-state index >= 15 is 0 Å². The molecule has 1 saturated heterocycles. The van der Waals surface area contributed by atoms with E-state index in [1.807, 2.05) is 6.07 Å². The summed E-state index contributed by atoms with van der Waals surface area (Å²) >= 11 is 5.85. The van der Waals surface area contributed by atoms with Crippen LogP contribution in [-0.4, -0.2) is 35.9 Å². The van der Waals surface area contributed by atoms with Crippen molar-refractivity contribution < 1.29 is 18.3 Å². The second-order valence-corrected chi connectivity index (χ2v) is 7.28. The van der Waals surface area contributed by atoms with Gasteiger partial charge in [-0.15, -0.1) is 0 Å². The van der Waals surface area contributed by atoms with Gasteiger partial charge in [0.15, 0.2) is 0 Å². The summed E-state index contributed by atoms with van der Waals surface area (Å²) in [5.41, 5.74) is -1.29. The van der Waals surface area contributed by atoms with Gasteiger partial charge in [0.1, 0.15) is 11.6 Å². The van der Waals surface area contributed by atoms with Crippen molar-refractivity contribution >= 4 is 27.6 Å². The second kappa shape index (κ2) is 5.30. The van der Waals surface area contributed by atoms with E-state index in [0.29, 0.717) is 6.42 Å². The smallest absolute Gasteiger partial charge is 0.324 e. The van der Waals surface area contributed by atoms with Crippen LogP contribution in [0, 0.1) is 11.3 Å². The predicted octanol–water partition coefficient (Wildman–Crippen LogP) is 1.84. The molecule has 0 aromatic heterocycles. The monoisotopic (exact) mass is 328 g/mol. The van der Waals surface area contributed by atoms with Gasteiger partial charge in [-0.05, 0) is 38.0 Å². The third-order valence-corrected chi connectivity index (χ3v) is 6.01. The molecule has 0 spiro atoms. The highest BCUT2D eigenvalue weighted by molar-refractivity contribution is 7.89. The molecule has 1 aromatic rings. The van der Waals surface area contributed by atoms with Gasteiger partial charge in [0.05, 0.1) is 15.5 Å². The minimum absolute atomic E-state index is 0.0230. The van der Waals surface area contributed by atoms with E-state index < -0.39 is 21.5 Å². The second-order valence-electron chi connectivity index (χ2n) is 5.01. The lowest BCUT2D eigenvalue weighted by Gasteiger charge is -2.30. The molecule has 0 saturated carbocycles. The number of carbonyl (C=O) groups is 1. The van der Waals surface area contributed by atoms with Crippen molar-refractivity contribution in [1.29, 1.82) is 5.26 Å². The van der Waals surface area contributed by atoms with Crippen LogP contribution in [0.2, 0.25) is 5.02 Å². The maximum atomic E-state index is 12.6. The van der Waals surface area contributed by atoms with Gasteiger partial charge in [0.25, 0.3) is 0 Å². The molecule has 0 aliphatic carbocycles. The van der Waals surface area contributed by atoms with Crippen molar-refractivity contribution in [1.82, 2.24) is 4.31 Å². The first-order chi connectivity index (χ1) is 9.73. The normalized spacial score (nSPS) is 22.9. The van der Waals surface area contributed by atoms with Crippen LogP contribution in [0.1, 0.15) is 25.3 Å².